The molecule has 7 nitrogen and oxygen atoms in total. The van der Waals surface area contributed by atoms with Gasteiger partial charge in [-0.3, -0.25) is 4.79 Å². The lowest BCUT2D eigenvalue weighted by Gasteiger charge is -2.15. The van der Waals surface area contributed by atoms with Crippen LogP contribution in [0.1, 0.15) is 55.2 Å². The van der Waals surface area contributed by atoms with Crippen LogP contribution >= 0.6 is 0 Å². The molecule has 0 aromatic carbocycles. The molecular weight excluding hydrogens is 346 g/mol. The number of rotatable bonds is 3. The molecule has 2 aromatic heterocycles. The van der Waals surface area contributed by atoms with Crippen LogP contribution in [0.4, 0.5) is 0 Å². The zero-order chi connectivity index (χ0) is 19.3. The van der Waals surface area contributed by atoms with Gasteiger partial charge in [0.05, 0.1) is 0 Å². The second-order valence-corrected chi connectivity index (χ2v) is 7.48. The zero-order valence-corrected chi connectivity index (χ0v) is 15.5. The number of aliphatic hydroxyl groups excluding tert-OH is 1. The average molecular weight is 367 g/mol. The molecule has 2 aromatic rings. The van der Waals surface area contributed by atoms with E-state index < -0.39 is 5.60 Å². The quantitative estimate of drug-likeness (QED) is 0.789. The van der Waals surface area contributed by atoms with Crippen molar-refractivity contribution >= 4 is 5.57 Å². The van der Waals surface area contributed by atoms with Gasteiger partial charge in [0.15, 0.2) is 0 Å². The van der Waals surface area contributed by atoms with Gasteiger partial charge in [0.25, 0.3) is 5.56 Å². The van der Waals surface area contributed by atoms with Crippen LogP contribution in [0.2, 0.25) is 0 Å². The summed E-state index contributed by atoms with van der Waals surface area (Å²) >= 11 is 0. The first kappa shape index (κ1) is 17.7. The first-order valence-electron chi connectivity index (χ1n) is 8.93. The molecule has 0 radical (unpaired) electrons. The van der Waals surface area contributed by atoms with Crippen LogP contribution in [0.15, 0.2) is 21.0 Å². The van der Waals surface area contributed by atoms with Crippen molar-refractivity contribution in [3.8, 4) is 11.8 Å². The van der Waals surface area contributed by atoms with Crippen LogP contribution < -0.4 is 5.56 Å². The van der Waals surface area contributed by atoms with Gasteiger partial charge >= 0.3 is 0 Å². The molecule has 0 aliphatic heterocycles. The maximum Gasteiger partial charge on any atom is 0.254 e. The third-order valence-electron chi connectivity index (χ3n) is 5.23. The number of allylic oxidation sites excluding steroid dienone is 1. The van der Waals surface area contributed by atoms with Gasteiger partial charge in [0, 0.05) is 41.9 Å². The van der Waals surface area contributed by atoms with E-state index in [1.807, 2.05) is 6.92 Å². The summed E-state index contributed by atoms with van der Waals surface area (Å²) in [5.41, 5.74) is 2.43. The highest BCUT2D eigenvalue weighted by Gasteiger charge is 2.38. The molecule has 0 saturated heterocycles. The van der Waals surface area contributed by atoms with Crippen molar-refractivity contribution in [1.29, 1.82) is 0 Å². The maximum absolute atomic E-state index is 12.6. The number of aryl methyl sites for hydroxylation is 1. The standard InChI is InChI=1S/C20H21N3O4/c1-11-8-14-17(16(11)18-22-21-15(10-24)27-18)12(9-23(3)19(14)25)6-7-20(2,26)13-4-5-13/h9,13,24,26H,4-5,8,10H2,1-3H3. The van der Waals surface area contributed by atoms with E-state index in [0.29, 0.717) is 28.7 Å². The summed E-state index contributed by atoms with van der Waals surface area (Å²) < 4.78 is 7.04. The molecule has 4 rings (SSSR count). The summed E-state index contributed by atoms with van der Waals surface area (Å²) in [5.74, 6) is 6.64. The number of aromatic nitrogens is 3. The van der Waals surface area contributed by atoms with E-state index in [4.69, 9.17) is 4.42 Å². The summed E-state index contributed by atoms with van der Waals surface area (Å²) in [4.78, 5) is 12.6. The molecule has 1 atom stereocenters. The van der Waals surface area contributed by atoms with Gasteiger partial charge in [-0.1, -0.05) is 17.4 Å². The number of fused-ring (bicyclic) bond motifs is 1. The van der Waals surface area contributed by atoms with Gasteiger partial charge in [-0.15, -0.1) is 10.2 Å². The molecule has 0 amide bonds. The van der Waals surface area contributed by atoms with E-state index in [1.54, 1.807) is 20.2 Å². The van der Waals surface area contributed by atoms with E-state index >= 15 is 0 Å². The highest BCUT2D eigenvalue weighted by Crippen LogP contribution is 2.40. The van der Waals surface area contributed by atoms with Crippen molar-refractivity contribution in [2.75, 3.05) is 0 Å². The highest BCUT2D eigenvalue weighted by molar-refractivity contribution is 5.86. The molecule has 0 spiro atoms. The minimum Gasteiger partial charge on any atom is -0.418 e. The smallest absolute Gasteiger partial charge is 0.254 e. The van der Waals surface area contributed by atoms with Gasteiger partial charge < -0.3 is 19.2 Å². The fraction of sp³-hybridized carbons (Fsp3) is 0.450. The Kier molecular flexibility index (Phi) is 4.06. The minimum absolute atomic E-state index is 0.0965. The van der Waals surface area contributed by atoms with E-state index in [2.05, 4.69) is 22.0 Å². The van der Waals surface area contributed by atoms with Crippen molar-refractivity contribution in [2.24, 2.45) is 13.0 Å². The molecule has 2 N–H and O–H groups in total. The molecular formula is C20H21N3O4. The summed E-state index contributed by atoms with van der Waals surface area (Å²) in [6, 6.07) is 0. The SMILES string of the molecule is CC1=C(c2nnc(CO)o2)c2c(C#CC(C)(O)C3CC3)cn(C)c(=O)c2C1. The lowest BCUT2D eigenvalue weighted by Crippen LogP contribution is -2.25. The Morgan fingerprint density at radius 1 is 1.41 bits per heavy atom. The Bertz CT molecular complexity index is 1070. The van der Waals surface area contributed by atoms with Crippen LogP contribution in [0.3, 0.4) is 0 Å². The van der Waals surface area contributed by atoms with Crippen LogP contribution in [0.5, 0.6) is 0 Å². The third kappa shape index (κ3) is 3.01. The average Bonchev–Trinajstić information content (AvgIpc) is 3.30. The van der Waals surface area contributed by atoms with Crippen molar-refractivity contribution in [3.63, 3.8) is 0 Å². The minimum atomic E-state index is -1.05. The molecule has 2 aliphatic carbocycles. The van der Waals surface area contributed by atoms with E-state index in [9.17, 15) is 15.0 Å². The molecule has 2 heterocycles. The number of aliphatic hydroxyl groups is 2. The molecule has 27 heavy (non-hydrogen) atoms. The lowest BCUT2D eigenvalue weighted by atomic mass is 9.98. The summed E-state index contributed by atoms with van der Waals surface area (Å²) in [6.07, 6.45) is 4.11. The summed E-state index contributed by atoms with van der Waals surface area (Å²) in [6.45, 7) is 3.29. The molecule has 2 aliphatic rings. The van der Waals surface area contributed by atoms with E-state index in [1.165, 1.54) is 4.57 Å². The molecule has 7 heteroatoms. The van der Waals surface area contributed by atoms with Crippen molar-refractivity contribution in [2.45, 2.75) is 45.3 Å². The van der Waals surface area contributed by atoms with Crippen LogP contribution in [-0.4, -0.2) is 30.6 Å². The van der Waals surface area contributed by atoms with Crippen LogP contribution in [0, 0.1) is 17.8 Å². The maximum atomic E-state index is 12.6. The predicted octanol–water partition coefficient (Wildman–Crippen LogP) is 1.15. The predicted molar refractivity (Wildman–Crippen MR) is 97.5 cm³/mol. The highest BCUT2D eigenvalue weighted by atomic mass is 16.4. The molecule has 1 unspecified atom stereocenters. The fourth-order valence-corrected chi connectivity index (χ4v) is 3.56. The Morgan fingerprint density at radius 3 is 2.78 bits per heavy atom. The number of pyridine rings is 1. The number of hydrogen-bond donors (Lipinski definition) is 2. The summed E-state index contributed by atoms with van der Waals surface area (Å²) in [5, 5.41) is 27.6. The monoisotopic (exact) mass is 367 g/mol. The first-order chi connectivity index (χ1) is 12.8. The van der Waals surface area contributed by atoms with Gasteiger partial charge in [-0.05, 0) is 32.6 Å². The molecule has 140 valence electrons. The van der Waals surface area contributed by atoms with Gasteiger partial charge in [0.1, 0.15) is 12.2 Å². The molecule has 1 fully saturated rings. The Labute approximate surface area is 156 Å². The van der Waals surface area contributed by atoms with Crippen molar-refractivity contribution in [1.82, 2.24) is 14.8 Å². The normalized spacial score (nSPS) is 18.1. The fourth-order valence-electron chi connectivity index (χ4n) is 3.56. The van der Waals surface area contributed by atoms with Gasteiger partial charge in [0.2, 0.25) is 11.8 Å². The molecule has 1 saturated carbocycles. The van der Waals surface area contributed by atoms with Crippen molar-refractivity contribution in [3.05, 3.63) is 50.6 Å². The summed E-state index contributed by atoms with van der Waals surface area (Å²) in [7, 11) is 1.69. The zero-order valence-electron chi connectivity index (χ0n) is 15.5. The van der Waals surface area contributed by atoms with E-state index in [0.717, 1.165) is 18.4 Å². The third-order valence-corrected chi connectivity index (χ3v) is 5.23. The Hall–Kier alpha value is -2.69. The second kappa shape index (κ2) is 6.19. The van der Waals surface area contributed by atoms with Crippen molar-refractivity contribution < 1.29 is 14.6 Å². The second-order valence-electron chi connectivity index (χ2n) is 7.48. The first-order valence-corrected chi connectivity index (χ1v) is 8.93. The largest absolute Gasteiger partial charge is 0.418 e. The number of hydrogen-bond acceptors (Lipinski definition) is 6. The van der Waals surface area contributed by atoms with Crippen LogP contribution in [0.25, 0.3) is 5.57 Å². The van der Waals surface area contributed by atoms with E-state index in [-0.39, 0.29) is 29.9 Å². The Morgan fingerprint density at radius 2 is 2.15 bits per heavy atom. The lowest BCUT2D eigenvalue weighted by molar-refractivity contribution is 0.0980. The topological polar surface area (TPSA) is 101 Å². The Balaban J connectivity index is 1.88. The van der Waals surface area contributed by atoms with Gasteiger partial charge in [-0.2, -0.15) is 0 Å². The number of nitrogens with zero attached hydrogens (tertiary/aromatic N) is 3. The van der Waals surface area contributed by atoms with Crippen LogP contribution in [-0.2, 0) is 20.1 Å². The van der Waals surface area contributed by atoms with Gasteiger partial charge in [-0.25, -0.2) is 0 Å². The molecule has 0 bridgehead atoms.